The van der Waals surface area contributed by atoms with Crippen molar-refractivity contribution in [2.24, 2.45) is 0 Å². The summed E-state index contributed by atoms with van der Waals surface area (Å²) in [6.45, 7) is 5.90. The Kier molecular flexibility index (Phi) is 10.3. The Morgan fingerprint density at radius 1 is 0.783 bits per heavy atom. The highest BCUT2D eigenvalue weighted by molar-refractivity contribution is 5.29. The maximum atomic E-state index is 9.79. The maximum Gasteiger partial charge on any atom is 0.0666 e. The van der Waals surface area contributed by atoms with Crippen LogP contribution in [0.2, 0.25) is 0 Å². The second kappa shape index (κ2) is 11.7. The van der Waals surface area contributed by atoms with Gasteiger partial charge in [0.25, 0.3) is 0 Å². The minimum Gasteiger partial charge on any atom is -0.390 e. The van der Waals surface area contributed by atoms with Crippen LogP contribution in [0.25, 0.3) is 0 Å². The van der Waals surface area contributed by atoms with E-state index in [1.165, 1.54) is 76.2 Å². The quantitative estimate of drug-likeness (QED) is 0.413. The van der Waals surface area contributed by atoms with Gasteiger partial charge in [-0.2, -0.15) is 0 Å². The highest BCUT2D eigenvalue weighted by Crippen LogP contribution is 2.17. The van der Waals surface area contributed by atoms with E-state index in [1.54, 1.807) is 0 Å². The van der Waals surface area contributed by atoms with E-state index < -0.39 is 5.60 Å². The SMILES string of the molecule is CCCCCCCCCCCCc1ccc([CH]C(C)(C)O)cc1. The molecule has 1 rings (SSSR count). The van der Waals surface area contributed by atoms with E-state index in [-0.39, 0.29) is 0 Å². The molecule has 1 aromatic rings. The zero-order chi connectivity index (χ0) is 17.0. The minimum atomic E-state index is -0.738. The zero-order valence-corrected chi connectivity index (χ0v) is 15.6. The molecule has 1 N–H and O–H groups in total. The molecule has 1 heteroatoms. The lowest BCUT2D eigenvalue weighted by molar-refractivity contribution is 0.119. The van der Waals surface area contributed by atoms with Crippen LogP contribution in [-0.4, -0.2) is 10.7 Å². The Labute approximate surface area is 144 Å². The summed E-state index contributed by atoms with van der Waals surface area (Å²) in [6, 6.07) is 8.63. The standard InChI is InChI=1S/C22H37O/c1-4-5-6-7-8-9-10-11-12-13-14-20-15-17-21(18-16-20)19-22(2,3)23/h15-19,23H,4-14H2,1-3H3. The number of rotatable bonds is 13. The van der Waals surface area contributed by atoms with E-state index in [0.29, 0.717) is 0 Å². The molecule has 0 aliphatic rings. The Balaban J connectivity index is 2.03. The van der Waals surface area contributed by atoms with Crippen LogP contribution >= 0.6 is 0 Å². The maximum absolute atomic E-state index is 9.79. The molecule has 0 aromatic heterocycles. The van der Waals surface area contributed by atoms with Crippen LogP contribution in [-0.2, 0) is 6.42 Å². The van der Waals surface area contributed by atoms with E-state index in [9.17, 15) is 5.11 Å². The van der Waals surface area contributed by atoms with Gasteiger partial charge in [0.2, 0.25) is 0 Å². The van der Waals surface area contributed by atoms with Gasteiger partial charge in [0.1, 0.15) is 0 Å². The molecule has 1 radical (unpaired) electrons. The van der Waals surface area contributed by atoms with Crippen LogP contribution in [0.15, 0.2) is 24.3 Å². The van der Waals surface area contributed by atoms with Crippen LogP contribution in [0.5, 0.6) is 0 Å². The number of hydrogen-bond donors (Lipinski definition) is 1. The first-order chi connectivity index (χ1) is 11.0. The van der Waals surface area contributed by atoms with E-state index in [4.69, 9.17) is 0 Å². The summed E-state index contributed by atoms with van der Waals surface area (Å²) in [6.07, 6.45) is 17.0. The molecule has 0 spiro atoms. The number of aryl methyl sites for hydroxylation is 1. The van der Waals surface area contributed by atoms with Crippen molar-refractivity contribution < 1.29 is 5.11 Å². The normalized spacial score (nSPS) is 11.8. The molecular weight excluding hydrogens is 280 g/mol. The first-order valence-electron chi connectivity index (χ1n) is 9.68. The molecule has 0 saturated carbocycles. The fraction of sp³-hybridized carbons (Fsp3) is 0.682. The van der Waals surface area contributed by atoms with Gasteiger partial charge in [0.15, 0.2) is 0 Å². The average Bonchev–Trinajstić information content (AvgIpc) is 2.49. The van der Waals surface area contributed by atoms with Gasteiger partial charge in [0, 0.05) is 6.42 Å². The van der Waals surface area contributed by atoms with Gasteiger partial charge >= 0.3 is 0 Å². The second-order valence-corrected chi connectivity index (χ2v) is 7.47. The first kappa shape index (κ1) is 20.2. The molecule has 131 valence electrons. The summed E-state index contributed by atoms with van der Waals surface area (Å²) < 4.78 is 0. The van der Waals surface area contributed by atoms with Crippen molar-refractivity contribution in [1.29, 1.82) is 0 Å². The molecule has 0 heterocycles. The molecule has 23 heavy (non-hydrogen) atoms. The topological polar surface area (TPSA) is 20.2 Å². The summed E-state index contributed by atoms with van der Waals surface area (Å²) >= 11 is 0. The number of benzene rings is 1. The van der Waals surface area contributed by atoms with Crippen LogP contribution < -0.4 is 0 Å². The van der Waals surface area contributed by atoms with Gasteiger partial charge in [-0.05, 0) is 37.8 Å². The van der Waals surface area contributed by atoms with Crippen LogP contribution in [0.3, 0.4) is 0 Å². The molecule has 0 atom stereocenters. The van der Waals surface area contributed by atoms with Crippen molar-refractivity contribution in [1.82, 2.24) is 0 Å². The predicted octanol–water partition coefficient (Wildman–Crippen LogP) is 6.47. The van der Waals surface area contributed by atoms with Gasteiger partial charge in [0.05, 0.1) is 5.60 Å². The summed E-state index contributed by atoms with van der Waals surface area (Å²) in [5, 5.41) is 9.79. The first-order valence-corrected chi connectivity index (χ1v) is 9.68. The Morgan fingerprint density at radius 2 is 1.26 bits per heavy atom. The third-order valence-electron chi connectivity index (χ3n) is 4.32. The van der Waals surface area contributed by atoms with Gasteiger partial charge in [-0.1, -0.05) is 89.0 Å². The van der Waals surface area contributed by atoms with Crippen LogP contribution in [0.4, 0.5) is 0 Å². The van der Waals surface area contributed by atoms with Crippen LogP contribution in [0, 0.1) is 6.42 Å². The summed E-state index contributed by atoms with van der Waals surface area (Å²) in [5.74, 6) is 0. The predicted molar refractivity (Wildman–Crippen MR) is 102 cm³/mol. The highest BCUT2D eigenvalue weighted by atomic mass is 16.3. The summed E-state index contributed by atoms with van der Waals surface area (Å²) in [7, 11) is 0. The monoisotopic (exact) mass is 317 g/mol. The smallest absolute Gasteiger partial charge is 0.0666 e. The van der Waals surface area contributed by atoms with Gasteiger partial charge in [-0.3, -0.25) is 0 Å². The molecular formula is C22H37O. The molecule has 0 amide bonds. The largest absolute Gasteiger partial charge is 0.390 e. The molecule has 0 aliphatic carbocycles. The van der Waals surface area contributed by atoms with E-state index in [2.05, 4.69) is 31.2 Å². The summed E-state index contributed by atoms with van der Waals surface area (Å²) in [5.41, 5.74) is 1.78. The molecule has 1 aromatic carbocycles. The molecule has 0 fully saturated rings. The van der Waals surface area contributed by atoms with Crippen molar-refractivity contribution in [3.8, 4) is 0 Å². The number of hydrogen-bond acceptors (Lipinski definition) is 1. The molecule has 1 nitrogen and oxygen atoms in total. The van der Waals surface area contributed by atoms with Crippen molar-refractivity contribution in [2.75, 3.05) is 0 Å². The minimum absolute atomic E-state index is 0.738. The van der Waals surface area contributed by atoms with Crippen molar-refractivity contribution >= 4 is 0 Å². The molecule has 0 unspecified atom stereocenters. The van der Waals surface area contributed by atoms with E-state index >= 15 is 0 Å². The fourth-order valence-corrected chi connectivity index (χ4v) is 3.00. The van der Waals surface area contributed by atoms with Crippen molar-refractivity contribution in [3.05, 3.63) is 41.8 Å². The Bertz CT molecular complexity index is 385. The lowest BCUT2D eigenvalue weighted by Crippen LogP contribution is -2.19. The third kappa shape index (κ3) is 11.4. The van der Waals surface area contributed by atoms with E-state index in [1.807, 2.05) is 20.3 Å². The molecule has 0 saturated heterocycles. The second-order valence-electron chi connectivity index (χ2n) is 7.47. The number of aliphatic hydroxyl groups is 1. The fourth-order valence-electron chi connectivity index (χ4n) is 3.00. The lowest BCUT2D eigenvalue weighted by Gasteiger charge is -2.16. The Morgan fingerprint density at radius 3 is 1.74 bits per heavy atom. The van der Waals surface area contributed by atoms with Crippen LogP contribution in [0.1, 0.15) is 96.1 Å². The third-order valence-corrected chi connectivity index (χ3v) is 4.32. The van der Waals surface area contributed by atoms with E-state index in [0.717, 1.165) is 5.56 Å². The average molecular weight is 318 g/mol. The van der Waals surface area contributed by atoms with Crippen molar-refractivity contribution in [2.45, 2.75) is 97.0 Å². The van der Waals surface area contributed by atoms with Gasteiger partial charge in [-0.25, -0.2) is 0 Å². The lowest BCUT2D eigenvalue weighted by atomic mass is 9.97. The van der Waals surface area contributed by atoms with Crippen molar-refractivity contribution in [3.63, 3.8) is 0 Å². The molecule has 0 bridgehead atoms. The number of unbranched alkanes of at least 4 members (excludes halogenated alkanes) is 9. The Hall–Kier alpha value is -0.820. The van der Waals surface area contributed by atoms with Gasteiger partial charge in [-0.15, -0.1) is 0 Å². The van der Waals surface area contributed by atoms with Gasteiger partial charge < -0.3 is 5.11 Å². The zero-order valence-electron chi connectivity index (χ0n) is 15.6. The summed E-state index contributed by atoms with van der Waals surface area (Å²) in [4.78, 5) is 0. The molecule has 0 aliphatic heterocycles. The highest BCUT2D eigenvalue weighted by Gasteiger charge is 2.13.